The molecule has 2 heterocycles. The zero-order valence-corrected chi connectivity index (χ0v) is 26.9. The molecule has 0 saturated carbocycles. The molecule has 0 bridgehead atoms. The number of fused-ring (bicyclic) bond motifs is 1. The number of aliphatic hydroxyl groups excluding tert-OH is 1. The molecule has 2 atom stereocenters. The van der Waals surface area contributed by atoms with Crippen LogP contribution in [-0.2, 0) is 29.0 Å². The van der Waals surface area contributed by atoms with Gasteiger partial charge in [-0.25, -0.2) is 4.99 Å². The molecule has 6 rings (SSSR count). The first-order valence-corrected chi connectivity index (χ1v) is 15.9. The SMILES string of the molecule is [N-]=[N+]=NCc1ccccc1[C@H]1OC(c2ccc(OCCCO)cc2)=N[C@@]1(Cc1ccccc1Br)C(=O)NCc1ccc2c(c1)OCO2. The van der Waals surface area contributed by atoms with Crippen LogP contribution in [0.2, 0.25) is 0 Å². The van der Waals surface area contributed by atoms with Crippen LogP contribution in [0.1, 0.15) is 40.3 Å². The predicted molar refractivity (Wildman–Crippen MR) is 178 cm³/mol. The number of amides is 1. The first-order valence-electron chi connectivity index (χ1n) is 15.1. The van der Waals surface area contributed by atoms with Crippen molar-refractivity contribution in [3.63, 3.8) is 0 Å². The van der Waals surface area contributed by atoms with Crippen molar-refractivity contribution in [3.8, 4) is 17.2 Å². The van der Waals surface area contributed by atoms with E-state index >= 15 is 0 Å². The number of benzene rings is 4. The van der Waals surface area contributed by atoms with Gasteiger partial charge in [0.15, 0.2) is 23.1 Å². The standard InChI is InChI=1S/C35H32BrN5O6/c36-29-9-4-2-6-25(29)19-35(34(43)38-20-23-10-15-30-31(18-23)46-22-45-30)32(28-8-3-1-7-26(28)21-39-41-37)47-33(40-35)24-11-13-27(14-12-24)44-17-5-16-42/h1-4,6-15,18,32,42H,5,16-17,19-22H2,(H,38,43)/t32-,35-/m1/s1. The van der Waals surface area contributed by atoms with Gasteiger partial charge in [0.2, 0.25) is 12.7 Å². The Balaban J connectivity index is 1.42. The van der Waals surface area contributed by atoms with Crippen LogP contribution < -0.4 is 19.5 Å². The van der Waals surface area contributed by atoms with Crippen molar-refractivity contribution in [2.45, 2.75) is 37.6 Å². The van der Waals surface area contributed by atoms with E-state index in [1.54, 1.807) is 12.1 Å². The fourth-order valence-electron chi connectivity index (χ4n) is 5.62. The highest BCUT2D eigenvalue weighted by molar-refractivity contribution is 9.10. The number of ether oxygens (including phenoxy) is 4. The fourth-order valence-corrected chi connectivity index (χ4v) is 6.04. The van der Waals surface area contributed by atoms with Crippen LogP contribution >= 0.6 is 15.9 Å². The minimum absolute atomic E-state index is 0.0433. The molecule has 1 amide bonds. The zero-order valence-electron chi connectivity index (χ0n) is 25.3. The van der Waals surface area contributed by atoms with Gasteiger partial charge in [-0.1, -0.05) is 69.6 Å². The maximum atomic E-state index is 14.7. The number of halogens is 1. The van der Waals surface area contributed by atoms with E-state index in [0.29, 0.717) is 47.3 Å². The minimum Gasteiger partial charge on any atom is -0.494 e. The Hall–Kier alpha value is -5.03. The molecule has 12 heteroatoms. The van der Waals surface area contributed by atoms with Gasteiger partial charge in [0.1, 0.15) is 5.75 Å². The van der Waals surface area contributed by atoms with E-state index in [1.807, 2.05) is 78.9 Å². The summed E-state index contributed by atoms with van der Waals surface area (Å²) in [7, 11) is 0. The Kier molecular flexibility index (Phi) is 9.92. The van der Waals surface area contributed by atoms with Crippen molar-refractivity contribution in [2.24, 2.45) is 10.1 Å². The quantitative estimate of drug-likeness (QED) is 0.0699. The third kappa shape index (κ3) is 7.05. The molecule has 2 aliphatic rings. The average Bonchev–Trinajstić information content (AvgIpc) is 3.73. The monoisotopic (exact) mass is 697 g/mol. The van der Waals surface area contributed by atoms with Gasteiger partial charge >= 0.3 is 0 Å². The molecular weight excluding hydrogens is 666 g/mol. The average molecular weight is 699 g/mol. The predicted octanol–water partition coefficient (Wildman–Crippen LogP) is 6.57. The second-order valence-electron chi connectivity index (χ2n) is 11.0. The second-order valence-corrected chi connectivity index (χ2v) is 11.9. The van der Waals surface area contributed by atoms with Crippen LogP contribution in [0.3, 0.4) is 0 Å². The van der Waals surface area contributed by atoms with Crippen LogP contribution in [-0.4, -0.2) is 42.5 Å². The van der Waals surface area contributed by atoms with Gasteiger partial charge in [-0.15, -0.1) is 0 Å². The minimum atomic E-state index is -1.46. The number of hydrogen-bond acceptors (Lipinski definition) is 8. The molecule has 4 aromatic carbocycles. The molecule has 0 aliphatic carbocycles. The van der Waals surface area contributed by atoms with Gasteiger partial charge in [-0.3, -0.25) is 4.79 Å². The lowest BCUT2D eigenvalue weighted by Crippen LogP contribution is -2.50. The van der Waals surface area contributed by atoms with Gasteiger partial charge in [-0.05, 0) is 70.2 Å². The van der Waals surface area contributed by atoms with Crippen molar-refractivity contribution in [2.75, 3.05) is 20.0 Å². The molecule has 240 valence electrons. The number of carbonyl (C=O) groups excluding carboxylic acids is 1. The fraction of sp³-hybridized carbons (Fsp3) is 0.257. The van der Waals surface area contributed by atoms with Crippen LogP contribution in [0, 0.1) is 0 Å². The third-order valence-corrected chi connectivity index (χ3v) is 8.75. The summed E-state index contributed by atoms with van der Waals surface area (Å²) in [6, 6.07) is 28.0. The summed E-state index contributed by atoms with van der Waals surface area (Å²) in [6.07, 6.45) is -0.145. The van der Waals surface area contributed by atoms with Gasteiger partial charge < -0.3 is 29.4 Å². The topological polar surface area (TPSA) is 147 Å². The van der Waals surface area contributed by atoms with E-state index in [2.05, 4.69) is 31.3 Å². The van der Waals surface area contributed by atoms with E-state index in [-0.39, 0.29) is 38.8 Å². The highest BCUT2D eigenvalue weighted by Gasteiger charge is 2.54. The number of azide groups is 1. The molecule has 4 aromatic rings. The summed E-state index contributed by atoms with van der Waals surface area (Å²) in [5.41, 5.74) is 11.4. The Labute approximate surface area is 279 Å². The summed E-state index contributed by atoms with van der Waals surface area (Å²) in [6.45, 7) is 0.871. The van der Waals surface area contributed by atoms with Crippen molar-refractivity contribution in [1.29, 1.82) is 0 Å². The summed E-state index contributed by atoms with van der Waals surface area (Å²) >= 11 is 3.67. The number of aliphatic imine (C=N–C) groups is 1. The number of nitrogens with zero attached hydrogens (tertiary/aromatic N) is 4. The Morgan fingerprint density at radius 1 is 1.04 bits per heavy atom. The van der Waals surface area contributed by atoms with E-state index in [9.17, 15) is 4.79 Å². The summed E-state index contributed by atoms with van der Waals surface area (Å²) < 4.78 is 24.2. The molecule has 0 saturated heterocycles. The molecule has 11 nitrogen and oxygen atoms in total. The smallest absolute Gasteiger partial charge is 0.252 e. The molecule has 47 heavy (non-hydrogen) atoms. The Bertz CT molecular complexity index is 1830. The number of rotatable bonds is 13. The van der Waals surface area contributed by atoms with E-state index < -0.39 is 11.6 Å². The second kappa shape index (κ2) is 14.6. The van der Waals surface area contributed by atoms with Gasteiger partial charge in [0, 0.05) is 40.9 Å². The van der Waals surface area contributed by atoms with Crippen LogP contribution in [0.15, 0.2) is 106 Å². The summed E-state index contributed by atoms with van der Waals surface area (Å²) in [5, 5.41) is 16.0. The molecule has 0 spiro atoms. The number of aliphatic hydroxyl groups is 1. The zero-order chi connectivity index (χ0) is 32.6. The lowest BCUT2D eigenvalue weighted by molar-refractivity contribution is -0.129. The lowest BCUT2D eigenvalue weighted by Gasteiger charge is -2.32. The van der Waals surface area contributed by atoms with Crippen molar-refractivity contribution in [1.82, 2.24) is 5.32 Å². The lowest BCUT2D eigenvalue weighted by atomic mass is 9.80. The molecular formula is C35H32BrN5O6. The van der Waals surface area contributed by atoms with Crippen molar-refractivity contribution in [3.05, 3.63) is 134 Å². The first kappa shape index (κ1) is 31.9. The van der Waals surface area contributed by atoms with Crippen LogP contribution in [0.25, 0.3) is 10.4 Å². The number of nitrogens with one attached hydrogen (secondary N) is 1. The van der Waals surface area contributed by atoms with Crippen molar-refractivity contribution < 1.29 is 28.8 Å². The summed E-state index contributed by atoms with van der Waals surface area (Å²) in [4.78, 5) is 22.8. The number of carbonyl (C=O) groups is 1. The van der Waals surface area contributed by atoms with Crippen LogP contribution in [0.4, 0.5) is 0 Å². The molecule has 0 radical (unpaired) electrons. The van der Waals surface area contributed by atoms with E-state index in [0.717, 1.165) is 21.2 Å². The van der Waals surface area contributed by atoms with Gasteiger partial charge in [0.25, 0.3) is 5.91 Å². The maximum absolute atomic E-state index is 14.7. The number of hydrogen-bond donors (Lipinski definition) is 2. The van der Waals surface area contributed by atoms with E-state index in [4.69, 9.17) is 34.6 Å². The molecule has 0 unspecified atom stereocenters. The van der Waals surface area contributed by atoms with Gasteiger partial charge in [-0.2, -0.15) is 0 Å². The normalized spacial score (nSPS) is 17.7. The third-order valence-electron chi connectivity index (χ3n) is 7.98. The first-order chi connectivity index (χ1) is 23.0. The molecule has 0 aromatic heterocycles. The Morgan fingerprint density at radius 3 is 2.60 bits per heavy atom. The molecule has 2 N–H and O–H groups in total. The summed E-state index contributed by atoms with van der Waals surface area (Å²) in [5.74, 6) is 1.87. The van der Waals surface area contributed by atoms with Crippen molar-refractivity contribution >= 4 is 27.7 Å². The molecule has 0 fully saturated rings. The van der Waals surface area contributed by atoms with Gasteiger partial charge in [0.05, 0.1) is 13.2 Å². The highest BCUT2D eigenvalue weighted by Crippen LogP contribution is 2.44. The highest BCUT2D eigenvalue weighted by atomic mass is 79.9. The van der Waals surface area contributed by atoms with E-state index in [1.165, 1.54) is 0 Å². The van der Waals surface area contributed by atoms with Crippen LogP contribution in [0.5, 0.6) is 17.2 Å². The largest absolute Gasteiger partial charge is 0.494 e. The Morgan fingerprint density at radius 2 is 1.81 bits per heavy atom. The molecule has 2 aliphatic heterocycles. The maximum Gasteiger partial charge on any atom is 0.252 e.